The SMILES string of the molecule is FC(F)(F)C(F)(F)C(F)(F)C(F)(F)C(F)(F)C(F)(F)C(F)(F)C(F)(F)c1cc[c]cc1. The standard InChI is InChI=1S/C14H4F17/c15-7(16,6-4-2-1-3-5-6)8(17,18)9(19,20)10(21,22)11(23,24)12(25,26)13(27,28)14(29,30)31/h2-5H. The molecule has 0 amide bonds. The Morgan fingerprint density at radius 1 is 0.419 bits per heavy atom. The van der Waals surface area contributed by atoms with Crippen molar-refractivity contribution >= 4 is 0 Å². The van der Waals surface area contributed by atoms with Crippen molar-refractivity contribution in [1.29, 1.82) is 0 Å². The molecule has 0 aliphatic rings. The third kappa shape index (κ3) is 3.37. The van der Waals surface area contributed by atoms with Crippen molar-refractivity contribution < 1.29 is 74.6 Å². The summed E-state index contributed by atoms with van der Waals surface area (Å²) in [6.07, 6.45) is -7.77. The first-order chi connectivity index (χ1) is 13.4. The summed E-state index contributed by atoms with van der Waals surface area (Å²) in [6.45, 7) is 0. The van der Waals surface area contributed by atoms with Crippen LogP contribution in [0.15, 0.2) is 24.3 Å². The van der Waals surface area contributed by atoms with Gasteiger partial charge in [-0.3, -0.25) is 0 Å². The Bertz CT molecular complexity index is 774. The summed E-state index contributed by atoms with van der Waals surface area (Å²) in [5, 5.41) is 0. The third-order valence-corrected chi connectivity index (χ3v) is 3.80. The van der Waals surface area contributed by atoms with Crippen molar-refractivity contribution in [3.8, 4) is 0 Å². The minimum absolute atomic E-state index is 0.160. The molecular formula is C14H4F17. The van der Waals surface area contributed by atoms with E-state index in [-0.39, 0.29) is 12.1 Å². The highest BCUT2D eigenvalue weighted by molar-refractivity contribution is 5.25. The van der Waals surface area contributed by atoms with Crippen molar-refractivity contribution in [2.24, 2.45) is 0 Å². The molecule has 0 atom stereocenters. The van der Waals surface area contributed by atoms with E-state index in [1.165, 1.54) is 0 Å². The number of halogens is 17. The Hall–Kier alpha value is -1.97. The maximum atomic E-state index is 13.7. The van der Waals surface area contributed by atoms with E-state index in [9.17, 15) is 74.6 Å². The predicted molar refractivity (Wildman–Crippen MR) is 64.9 cm³/mol. The molecular weight excluding hydrogens is 491 g/mol. The number of hydrogen-bond donors (Lipinski definition) is 0. The van der Waals surface area contributed by atoms with Crippen molar-refractivity contribution in [3.63, 3.8) is 0 Å². The molecule has 1 aromatic carbocycles. The van der Waals surface area contributed by atoms with E-state index >= 15 is 0 Å². The van der Waals surface area contributed by atoms with Crippen LogP contribution in [0.5, 0.6) is 0 Å². The van der Waals surface area contributed by atoms with Crippen LogP contribution in [0.4, 0.5) is 74.6 Å². The van der Waals surface area contributed by atoms with Crippen LogP contribution < -0.4 is 0 Å². The van der Waals surface area contributed by atoms with Crippen LogP contribution in [0.25, 0.3) is 0 Å². The first kappa shape index (κ1) is 27.1. The molecule has 1 radical (unpaired) electrons. The zero-order valence-electron chi connectivity index (χ0n) is 13.7. The summed E-state index contributed by atoms with van der Waals surface area (Å²) in [4.78, 5) is 0. The van der Waals surface area contributed by atoms with Crippen LogP contribution in [0.2, 0.25) is 0 Å². The van der Waals surface area contributed by atoms with Gasteiger partial charge in [0.15, 0.2) is 0 Å². The summed E-state index contributed by atoms with van der Waals surface area (Å²) in [7, 11) is 0. The second kappa shape index (κ2) is 7.02. The molecule has 0 aromatic heterocycles. The van der Waals surface area contributed by atoms with Crippen LogP contribution in [0, 0.1) is 6.07 Å². The zero-order chi connectivity index (χ0) is 25.1. The van der Waals surface area contributed by atoms with Crippen LogP contribution in [0.3, 0.4) is 0 Å². The van der Waals surface area contributed by atoms with Crippen LogP contribution in [-0.2, 0) is 5.92 Å². The van der Waals surface area contributed by atoms with E-state index in [1.807, 2.05) is 6.07 Å². The highest BCUT2D eigenvalue weighted by atomic mass is 19.4. The first-order valence-corrected chi connectivity index (χ1v) is 7.03. The fourth-order valence-electron chi connectivity index (χ4n) is 1.94. The van der Waals surface area contributed by atoms with E-state index < -0.39 is 53.2 Å². The van der Waals surface area contributed by atoms with Gasteiger partial charge >= 0.3 is 47.6 Å². The largest absolute Gasteiger partial charge is 0.460 e. The van der Waals surface area contributed by atoms with Gasteiger partial charge in [0, 0.05) is 5.56 Å². The van der Waals surface area contributed by atoms with E-state index in [0.717, 1.165) is 0 Å². The quantitative estimate of drug-likeness (QED) is 0.359. The fraction of sp³-hybridized carbons (Fsp3) is 0.571. The van der Waals surface area contributed by atoms with Gasteiger partial charge in [0.05, 0.1) is 0 Å². The van der Waals surface area contributed by atoms with Crippen molar-refractivity contribution in [3.05, 3.63) is 35.9 Å². The second-order valence-electron chi connectivity index (χ2n) is 5.81. The number of benzene rings is 1. The monoisotopic (exact) mass is 495 g/mol. The maximum absolute atomic E-state index is 13.7. The highest BCUT2D eigenvalue weighted by Crippen LogP contribution is 2.64. The highest BCUT2D eigenvalue weighted by Gasteiger charge is 2.95. The summed E-state index contributed by atoms with van der Waals surface area (Å²) in [6, 6.07) is 2.20. The minimum atomic E-state index is -8.62. The lowest BCUT2D eigenvalue weighted by Crippen LogP contribution is -2.74. The van der Waals surface area contributed by atoms with E-state index in [2.05, 4.69) is 0 Å². The molecule has 0 nitrogen and oxygen atoms in total. The molecule has 179 valence electrons. The minimum Gasteiger partial charge on any atom is -0.194 e. The van der Waals surface area contributed by atoms with Crippen molar-refractivity contribution in [2.75, 3.05) is 0 Å². The fourth-order valence-corrected chi connectivity index (χ4v) is 1.94. The third-order valence-electron chi connectivity index (χ3n) is 3.80. The van der Waals surface area contributed by atoms with Gasteiger partial charge < -0.3 is 0 Å². The Labute approximate surface area is 159 Å². The molecule has 1 rings (SSSR count). The van der Waals surface area contributed by atoms with Crippen LogP contribution in [-0.4, -0.2) is 41.7 Å². The van der Waals surface area contributed by atoms with Gasteiger partial charge in [-0.25, -0.2) is 0 Å². The Morgan fingerprint density at radius 3 is 1.03 bits per heavy atom. The topological polar surface area (TPSA) is 0 Å². The van der Waals surface area contributed by atoms with Gasteiger partial charge in [-0.1, -0.05) is 24.3 Å². The van der Waals surface area contributed by atoms with E-state index in [1.54, 1.807) is 0 Å². The van der Waals surface area contributed by atoms with Crippen LogP contribution >= 0.6 is 0 Å². The second-order valence-corrected chi connectivity index (χ2v) is 5.81. The normalized spacial score (nSPS) is 15.9. The molecule has 1 aromatic rings. The van der Waals surface area contributed by atoms with Gasteiger partial charge in [0.25, 0.3) is 0 Å². The Morgan fingerprint density at radius 2 is 0.710 bits per heavy atom. The van der Waals surface area contributed by atoms with Gasteiger partial charge in [0.1, 0.15) is 0 Å². The zero-order valence-corrected chi connectivity index (χ0v) is 13.7. The lowest BCUT2D eigenvalue weighted by Gasteiger charge is -2.42. The van der Waals surface area contributed by atoms with Gasteiger partial charge in [0.2, 0.25) is 0 Å². The van der Waals surface area contributed by atoms with Crippen LogP contribution in [0.1, 0.15) is 5.56 Å². The van der Waals surface area contributed by atoms with Gasteiger partial charge in [-0.15, -0.1) is 0 Å². The maximum Gasteiger partial charge on any atom is 0.460 e. The summed E-state index contributed by atoms with van der Waals surface area (Å²) < 4.78 is 222. The van der Waals surface area contributed by atoms with E-state index in [0.29, 0.717) is 12.1 Å². The molecule has 0 bridgehead atoms. The number of rotatable bonds is 7. The van der Waals surface area contributed by atoms with Gasteiger partial charge in [-0.2, -0.15) is 74.6 Å². The molecule has 0 saturated heterocycles. The summed E-state index contributed by atoms with van der Waals surface area (Å²) in [5.41, 5.74) is -2.26. The lowest BCUT2D eigenvalue weighted by molar-refractivity contribution is -0.462. The molecule has 0 aliphatic heterocycles. The molecule has 0 spiro atoms. The predicted octanol–water partition coefficient (Wildman–Crippen LogP) is 6.95. The number of alkyl halides is 17. The molecule has 31 heavy (non-hydrogen) atoms. The molecule has 17 heteroatoms. The molecule has 0 heterocycles. The first-order valence-electron chi connectivity index (χ1n) is 7.03. The summed E-state index contributed by atoms with van der Waals surface area (Å²) in [5.74, 6) is -56.4. The lowest BCUT2D eigenvalue weighted by atomic mass is 9.87. The molecule has 0 unspecified atom stereocenters. The summed E-state index contributed by atoms with van der Waals surface area (Å²) >= 11 is 0. The molecule has 0 fully saturated rings. The Balaban J connectivity index is 3.69. The molecule has 0 saturated carbocycles. The average molecular weight is 495 g/mol. The average Bonchev–Trinajstić information content (AvgIpc) is 2.60. The van der Waals surface area contributed by atoms with Gasteiger partial charge in [-0.05, 0) is 6.07 Å². The Kier molecular flexibility index (Phi) is 6.12. The molecule has 0 aliphatic carbocycles. The number of hydrogen-bond acceptors (Lipinski definition) is 0. The smallest absolute Gasteiger partial charge is 0.194 e. The van der Waals surface area contributed by atoms with E-state index in [4.69, 9.17) is 0 Å². The van der Waals surface area contributed by atoms with Crippen molar-refractivity contribution in [1.82, 2.24) is 0 Å². The van der Waals surface area contributed by atoms with Crippen molar-refractivity contribution in [2.45, 2.75) is 47.6 Å². The molecule has 0 N–H and O–H groups in total.